The summed E-state index contributed by atoms with van der Waals surface area (Å²) in [7, 11) is 3.32. The van der Waals surface area contributed by atoms with Gasteiger partial charge in [0.15, 0.2) is 5.69 Å². The van der Waals surface area contributed by atoms with Crippen LogP contribution in [0.15, 0.2) is 48.7 Å². The summed E-state index contributed by atoms with van der Waals surface area (Å²) in [6, 6.07) is 8.37. The van der Waals surface area contributed by atoms with Gasteiger partial charge < -0.3 is 10.2 Å². The number of benzene rings is 2. The Morgan fingerprint density at radius 1 is 1.11 bits per heavy atom. The van der Waals surface area contributed by atoms with Crippen LogP contribution >= 0.6 is 0 Å². The lowest BCUT2D eigenvalue weighted by molar-refractivity contribution is 0.0935. The van der Waals surface area contributed by atoms with Crippen LogP contribution < -0.4 is 5.32 Å². The van der Waals surface area contributed by atoms with E-state index < -0.39 is 29.4 Å². The number of amides is 1. The second-order valence-corrected chi connectivity index (χ2v) is 6.32. The highest BCUT2D eigenvalue weighted by molar-refractivity contribution is 5.91. The molecule has 6 nitrogen and oxygen atoms in total. The molecule has 0 bridgehead atoms. The Bertz CT molecular complexity index is 952. The van der Waals surface area contributed by atoms with Crippen LogP contribution in [-0.4, -0.2) is 46.4 Å². The van der Waals surface area contributed by atoms with Gasteiger partial charge >= 0.3 is 0 Å². The molecule has 1 atom stereocenters. The van der Waals surface area contributed by atoms with Crippen molar-refractivity contribution in [3.8, 4) is 5.69 Å². The summed E-state index contributed by atoms with van der Waals surface area (Å²) in [5, 5.41) is 10.6. The summed E-state index contributed by atoms with van der Waals surface area (Å²) in [6.07, 6.45) is 1.26. The maximum atomic E-state index is 14.1. The molecular weight excluding hydrogens is 371 g/mol. The number of aromatic nitrogens is 3. The van der Waals surface area contributed by atoms with Crippen molar-refractivity contribution in [2.24, 2.45) is 0 Å². The molecule has 1 unspecified atom stereocenters. The van der Waals surface area contributed by atoms with Gasteiger partial charge in [0.25, 0.3) is 5.91 Å². The van der Waals surface area contributed by atoms with Gasteiger partial charge in [0.1, 0.15) is 17.5 Å². The molecule has 9 heteroatoms. The van der Waals surface area contributed by atoms with Crippen LogP contribution in [0.3, 0.4) is 0 Å². The largest absolute Gasteiger partial charge is 0.349 e. The molecule has 0 aliphatic carbocycles. The first kappa shape index (κ1) is 19.6. The highest BCUT2D eigenvalue weighted by Crippen LogP contribution is 2.24. The fraction of sp³-hybridized carbons (Fsp3) is 0.211. The Morgan fingerprint density at radius 3 is 2.36 bits per heavy atom. The molecule has 0 aliphatic heterocycles. The zero-order valence-corrected chi connectivity index (χ0v) is 15.2. The average Bonchev–Trinajstić information content (AvgIpc) is 3.14. The lowest BCUT2D eigenvalue weighted by Gasteiger charge is -2.25. The van der Waals surface area contributed by atoms with Gasteiger partial charge in [-0.15, -0.1) is 5.10 Å². The van der Waals surface area contributed by atoms with Crippen molar-refractivity contribution in [1.29, 1.82) is 0 Å². The van der Waals surface area contributed by atoms with E-state index in [9.17, 15) is 18.0 Å². The van der Waals surface area contributed by atoms with Crippen molar-refractivity contribution in [1.82, 2.24) is 25.2 Å². The summed E-state index contributed by atoms with van der Waals surface area (Å²) >= 11 is 0. The summed E-state index contributed by atoms with van der Waals surface area (Å²) in [5.74, 6) is -2.31. The number of hydrogen-bond donors (Lipinski definition) is 1. The predicted molar refractivity (Wildman–Crippen MR) is 96.4 cm³/mol. The van der Waals surface area contributed by atoms with Crippen molar-refractivity contribution < 1.29 is 18.0 Å². The molecule has 1 heterocycles. The zero-order chi connectivity index (χ0) is 20.3. The van der Waals surface area contributed by atoms with E-state index in [1.165, 1.54) is 53.5 Å². The molecule has 2 aromatic carbocycles. The van der Waals surface area contributed by atoms with Crippen molar-refractivity contribution in [2.75, 3.05) is 20.6 Å². The summed E-state index contributed by atoms with van der Waals surface area (Å²) in [4.78, 5) is 15.2. The predicted octanol–water partition coefficient (Wildman–Crippen LogP) is 2.72. The SMILES string of the molecule is CN(C)C(CNC(=O)c1cnn(-c2ccc(F)cc2)n1)c1c(F)cccc1F. The van der Waals surface area contributed by atoms with Gasteiger partial charge in [-0.1, -0.05) is 6.07 Å². The Balaban J connectivity index is 1.73. The second kappa shape index (κ2) is 8.22. The van der Waals surface area contributed by atoms with Crippen molar-refractivity contribution >= 4 is 5.91 Å². The molecule has 3 rings (SSSR count). The number of nitrogens with zero attached hydrogens (tertiary/aromatic N) is 4. The van der Waals surface area contributed by atoms with Gasteiger partial charge in [-0.2, -0.15) is 9.90 Å². The van der Waals surface area contributed by atoms with E-state index in [0.29, 0.717) is 5.69 Å². The first-order valence-electron chi connectivity index (χ1n) is 8.43. The van der Waals surface area contributed by atoms with Gasteiger partial charge in [-0.25, -0.2) is 13.2 Å². The van der Waals surface area contributed by atoms with Crippen molar-refractivity contribution in [2.45, 2.75) is 6.04 Å². The van der Waals surface area contributed by atoms with E-state index in [1.54, 1.807) is 19.0 Å². The van der Waals surface area contributed by atoms with Crippen LogP contribution in [0.5, 0.6) is 0 Å². The first-order valence-corrected chi connectivity index (χ1v) is 8.43. The van der Waals surface area contributed by atoms with Gasteiger partial charge in [0.2, 0.25) is 0 Å². The van der Waals surface area contributed by atoms with E-state index >= 15 is 0 Å². The maximum Gasteiger partial charge on any atom is 0.273 e. The molecule has 3 aromatic rings. The monoisotopic (exact) mass is 389 g/mol. The number of rotatable bonds is 6. The van der Waals surface area contributed by atoms with E-state index in [-0.39, 0.29) is 17.8 Å². The third-order valence-electron chi connectivity index (χ3n) is 4.19. The summed E-state index contributed by atoms with van der Waals surface area (Å²) in [6.45, 7) is -0.0346. The smallest absolute Gasteiger partial charge is 0.273 e. The first-order chi connectivity index (χ1) is 13.4. The van der Waals surface area contributed by atoms with E-state index in [2.05, 4.69) is 15.5 Å². The highest BCUT2D eigenvalue weighted by atomic mass is 19.1. The third kappa shape index (κ3) is 4.20. The number of carbonyl (C=O) groups excluding carboxylic acids is 1. The lowest BCUT2D eigenvalue weighted by Crippen LogP contribution is -2.35. The molecule has 0 radical (unpaired) electrons. The quantitative estimate of drug-likeness (QED) is 0.704. The molecule has 0 saturated heterocycles. The molecule has 1 N–H and O–H groups in total. The van der Waals surface area contributed by atoms with Gasteiger partial charge in [0, 0.05) is 12.1 Å². The van der Waals surface area contributed by atoms with Crippen LogP contribution in [0.2, 0.25) is 0 Å². The summed E-state index contributed by atoms with van der Waals surface area (Å²) < 4.78 is 41.2. The molecule has 0 spiro atoms. The number of nitrogens with one attached hydrogen (secondary N) is 1. The van der Waals surface area contributed by atoms with Crippen molar-refractivity contribution in [3.05, 3.63) is 77.4 Å². The molecule has 0 aliphatic rings. The van der Waals surface area contributed by atoms with Crippen molar-refractivity contribution in [3.63, 3.8) is 0 Å². The fourth-order valence-corrected chi connectivity index (χ4v) is 2.72. The topological polar surface area (TPSA) is 63.1 Å². The fourth-order valence-electron chi connectivity index (χ4n) is 2.72. The van der Waals surface area contributed by atoms with Crippen LogP contribution in [-0.2, 0) is 0 Å². The number of likely N-dealkylation sites (N-methyl/N-ethyl adjacent to an activating group) is 1. The van der Waals surface area contributed by atoms with E-state index in [0.717, 1.165) is 0 Å². The summed E-state index contributed by atoms with van der Waals surface area (Å²) in [5.41, 5.74) is 0.388. The Kier molecular flexibility index (Phi) is 5.74. The Morgan fingerprint density at radius 2 is 1.75 bits per heavy atom. The Labute approximate surface area is 159 Å². The molecular formula is C19H18F3N5O. The third-order valence-corrected chi connectivity index (χ3v) is 4.19. The number of hydrogen-bond acceptors (Lipinski definition) is 4. The van der Waals surface area contributed by atoms with Crippen LogP contribution in [0, 0.1) is 17.5 Å². The second-order valence-electron chi connectivity index (χ2n) is 6.32. The molecule has 146 valence electrons. The average molecular weight is 389 g/mol. The van der Waals surface area contributed by atoms with Crippen LogP contribution in [0.4, 0.5) is 13.2 Å². The number of halogens is 3. The van der Waals surface area contributed by atoms with Crippen LogP contribution in [0.1, 0.15) is 22.1 Å². The molecule has 28 heavy (non-hydrogen) atoms. The minimum Gasteiger partial charge on any atom is -0.349 e. The highest BCUT2D eigenvalue weighted by Gasteiger charge is 2.23. The van der Waals surface area contributed by atoms with E-state index in [1.807, 2.05) is 0 Å². The molecule has 0 saturated carbocycles. The molecule has 1 aromatic heterocycles. The van der Waals surface area contributed by atoms with Gasteiger partial charge in [-0.3, -0.25) is 4.79 Å². The standard InChI is InChI=1S/C19H18F3N5O/c1-26(2)17(18-14(21)4-3-5-15(18)22)11-23-19(28)16-10-24-27(25-16)13-8-6-12(20)7-9-13/h3-10,17H,11H2,1-2H3,(H,23,28). The maximum absolute atomic E-state index is 14.1. The minimum absolute atomic E-state index is 0.0239. The lowest BCUT2D eigenvalue weighted by atomic mass is 10.0. The molecule has 1 amide bonds. The number of carbonyl (C=O) groups is 1. The van der Waals surface area contributed by atoms with Crippen LogP contribution in [0.25, 0.3) is 5.69 Å². The van der Waals surface area contributed by atoms with E-state index in [4.69, 9.17) is 0 Å². The normalized spacial score (nSPS) is 12.2. The molecule has 0 fully saturated rings. The zero-order valence-electron chi connectivity index (χ0n) is 15.2. The van der Waals surface area contributed by atoms with Gasteiger partial charge in [-0.05, 0) is 50.5 Å². The Hall–Kier alpha value is -3.20. The van der Waals surface area contributed by atoms with Gasteiger partial charge in [0.05, 0.1) is 17.9 Å². The minimum atomic E-state index is -0.711.